The van der Waals surface area contributed by atoms with Crippen LogP contribution in [-0.2, 0) is 5.41 Å². The lowest BCUT2D eigenvalue weighted by molar-refractivity contribution is 0.661. The molecule has 0 aliphatic heterocycles. The lowest BCUT2D eigenvalue weighted by Gasteiger charge is -2.24. The van der Waals surface area contributed by atoms with E-state index < -0.39 is 0 Å². The van der Waals surface area contributed by atoms with E-state index in [1.54, 1.807) is 0 Å². The number of rotatable bonds is 4. The maximum absolute atomic E-state index is 5.81. The summed E-state index contributed by atoms with van der Waals surface area (Å²) in [7, 11) is 0. The second kappa shape index (κ2) is 13.9. The average molecular weight is 769 g/mol. The molecule has 0 bridgehead atoms. The molecule has 0 saturated carbocycles. The van der Waals surface area contributed by atoms with Crippen LogP contribution in [0.4, 0.5) is 17.1 Å². The van der Waals surface area contributed by atoms with Gasteiger partial charge in [0, 0.05) is 11.1 Å². The topological polar surface area (TPSA) is 38.0 Å². The average Bonchev–Trinajstić information content (AvgIpc) is 3.73. The van der Waals surface area contributed by atoms with E-state index in [1.807, 2.05) is 54.6 Å². The lowest BCUT2D eigenvalue weighted by atomic mass is 9.79. The molecule has 0 aromatic heterocycles. The first-order valence-corrected chi connectivity index (χ1v) is 20.9. The van der Waals surface area contributed by atoms with Crippen LogP contribution in [0.5, 0.6) is 0 Å². The van der Waals surface area contributed by atoms with Gasteiger partial charge in [0.2, 0.25) is 0 Å². The van der Waals surface area contributed by atoms with Crippen molar-refractivity contribution in [3.8, 4) is 55.6 Å². The maximum atomic E-state index is 5.81. The number of benzene rings is 10. The fraction of sp³-hybridized carbons (Fsp3) is 0.0690. The molecule has 12 rings (SSSR count). The van der Waals surface area contributed by atoms with E-state index in [0.717, 1.165) is 17.1 Å². The summed E-state index contributed by atoms with van der Waals surface area (Å²) in [5.41, 5.74) is 25.9. The zero-order valence-corrected chi connectivity index (χ0v) is 34.1. The number of nitrogens with one attached hydrogen (secondary N) is 1. The molecular formula is C58H44N2. The van der Waals surface area contributed by atoms with E-state index in [9.17, 15) is 0 Å². The third-order valence-electron chi connectivity index (χ3n) is 12.9. The van der Waals surface area contributed by atoms with Crippen LogP contribution in [0.1, 0.15) is 30.5 Å². The van der Waals surface area contributed by atoms with Gasteiger partial charge in [-0.25, -0.2) is 0 Å². The van der Waals surface area contributed by atoms with Crippen LogP contribution >= 0.6 is 0 Å². The quantitative estimate of drug-likeness (QED) is 0.138. The van der Waals surface area contributed by atoms with Crippen molar-refractivity contribution in [1.82, 2.24) is 0 Å². The van der Waals surface area contributed by atoms with Crippen molar-refractivity contribution in [2.24, 2.45) is 0 Å². The number of nitrogen functional groups attached to an aromatic ring is 1. The van der Waals surface area contributed by atoms with Gasteiger partial charge < -0.3 is 11.1 Å². The fourth-order valence-electron chi connectivity index (χ4n) is 10.0. The van der Waals surface area contributed by atoms with Crippen LogP contribution in [0.3, 0.4) is 0 Å². The van der Waals surface area contributed by atoms with Gasteiger partial charge in [-0.1, -0.05) is 177 Å². The highest BCUT2D eigenvalue weighted by Crippen LogP contribution is 2.55. The van der Waals surface area contributed by atoms with Crippen molar-refractivity contribution < 1.29 is 0 Å². The highest BCUT2D eigenvalue weighted by Gasteiger charge is 2.36. The van der Waals surface area contributed by atoms with Crippen molar-refractivity contribution in [2.45, 2.75) is 26.2 Å². The van der Waals surface area contributed by atoms with Gasteiger partial charge in [-0.05, 0) is 142 Å². The smallest absolute Gasteiger partial charge is 0.0617 e. The molecule has 60 heavy (non-hydrogen) atoms. The molecule has 0 amide bonds. The summed E-state index contributed by atoms with van der Waals surface area (Å²) in [5.74, 6) is 0. The van der Waals surface area contributed by atoms with Gasteiger partial charge in [-0.15, -0.1) is 0 Å². The van der Waals surface area contributed by atoms with Gasteiger partial charge in [-0.2, -0.15) is 0 Å². The van der Waals surface area contributed by atoms with Crippen LogP contribution < -0.4 is 11.1 Å². The maximum Gasteiger partial charge on any atom is 0.0617 e. The summed E-state index contributed by atoms with van der Waals surface area (Å²) in [6.07, 6.45) is 0. The predicted octanol–water partition coefficient (Wildman–Crippen LogP) is 15.8. The third kappa shape index (κ3) is 5.56. The number of nitrogens with two attached hydrogens (primary N) is 1. The van der Waals surface area contributed by atoms with Crippen molar-refractivity contribution in [3.63, 3.8) is 0 Å². The van der Waals surface area contributed by atoms with E-state index in [0.29, 0.717) is 0 Å². The molecule has 2 heteroatoms. The van der Waals surface area contributed by atoms with Gasteiger partial charge >= 0.3 is 0 Å². The molecule has 10 aromatic rings. The Kier molecular flexibility index (Phi) is 8.25. The van der Waals surface area contributed by atoms with Gasteiger partial charge in [0.25, 0.3) is 0 Å². The molecule has 0 heterocycles. The standard InChI is InChI=1S/C46H32.C12H12N2/c1-27-19-21-28(22-20-27)43-33-14-6-7-15-34(33)45(39-25-38-31-13-8-9-18-41(31)46(2,3)42(38)26-40(39)43)37-24-23-36-30-12-5-4-11-29(30)32-16-10-17-35(37)44(32)36;13-11-8-4-5-9-12(11)14-10-6-2-1-3-7-10/h4-26H,1-3H3;1-9,14H,13H2. The summed E-state index contributed by atoms with van der Waals surface area (Å²) in [5, 5.41) is 11.2. The Balaban J connectivity index is 0.000000248. The molecule has 10 aromatic carbocycles. The van der Waals surface area contributed by atoms with E-state index in [-0.39, 0.29) is 5.41 Å². The van der Waals surface area contributed by atoms with Crippen LogP contribution in [0.25, 0.3) is 88.0 Å². The Labute approximate surface area is 351 Å². The van der Waals surface area contributed by atoms with Crippen molar-refractivity contribution in [2.75, 3.05) is 11.1 Å². The molecule has 0 atom stereocenters. The Morgan fingerprint density at radius 2 is 0.967 bits per heavy atom. The number of hydrogen-bond donors (Lipinski definition) is 2. The summed E-state index contributed by atoms with van der Waals surface area (Å²) in [4.78, 5) is 0. The normalized spacial score (nSPS) is 12.8. The largest absolute Gasteiger partial charge is 0.397 e. The molecular weight excluding hydrogens is 725 g/mol. The van der Waals surface area contributed by atoms with Crippen LogP contribution in [0.15, 0.2) is 194 Å². The molecule has 2 aliphatic rings. The predicted molar refractivity (Wildman–Crippen MR) is 257 cm³/mol. The van der Waals surface area contributed by atoms with Crippen molar-refractivity contribution >= 4 is 49.4 Å². The first-order valence-electron chi connectivity index (χ1n) is 20.9. The number of anilines is 3. The summed E-state index contributed by atoms with van der Waals surface area (Å²) in [6.45, 7) is 6.94. The van der Waals surface area contributed by atoms with E-state index in [4.69, 9.17) is 5.73 Å². The van der Waals surface area contributed by atoms with Crippen molar-refractivity contribution in [1.29, 1.82) is 0 Å². The fourth-order valence-corrected chi connectivity index (χ4v) is 10.0. The molecule has 0 spiro atoms. The molecule has 0 fully saturated rings. The number of para-hydroxylation sites is 3. The SMILES string of the molecule is Cc1ccc(-c2c3ccccc3c(-c3ccc4c5c(cccc35)-c3ccccc3-4)c3cc4c(cc23)C(C)(C)c2ccccc2-4)cc1.Nc1ccccc1Nc1ccccc1. The van der Waals surface area contributed by atoms with Gasteiger partial charge in [-0.3, -0.25) is 0 Å². The van der Waals surface area contributed by atoms with Crippen LogP contribution in [0, 0.1) is 6.92 Å². The summed E-state index contributed by atoms with van der Waals surface area (Å²) in [6, 6.07) is 70.4. The highest BCUT2D eigenvalue weighted by molar-refractivity contribution is 6.27. The molecule has 0 saturated heterocycles. The Hall–Kier alpha value is -7.42. The first kappa shape index (κ1) is 35.7. The number of hydrogen-bond acceptors (Lipinski definition) is 2. The van der Waals surface area contributed by atoms with Gasteiger partial charge in [0.05, 0.1) is 11.4 Å². The Morgan fingerprint density at radius 3 is 1.72 bits per heavy atom. The van der Waals surface area contributed by atoms with Gasteiger partial charge in [0.1, 0.15) is 0 Å². The molecule has 0 radical (unpaired) electrons. The monoisotopic (exact) mass is 768 g/mol. The minimum Gasteiger partial charge on any atom is -0.397 e. The zero-order chi connectivity index (χ0) is 40.5. The summed E-state index contributed by atoms with van der Waals surface area (Å²) < 4.78 is 0. The molecule has 286 valence electrons. The zero-order valence-electron chi connectivity index (χ0n) is 34.1. The first-order chi connectivity index (χ1) is 29.4. The van der Waals surface area contributed by atoms with E-state index in [1.165, 1.54) is 105 Å². The Morgan fingerprint density at radius 1 is 0.400 bits per heavy atom. The second-order valence-corrected chi connectivity index (χ2v) is 16.8. The molecule has 2 nitrogen and oxygen atoms in total. The highest BCUT2D eigenvalue weighted by atomic mass is 14.9. The Bertz CT molecular complexity index is 3290. The summed E-state index contributed by atoms with van der Waals surface area (Å²) >= 11 is 0. The van der Waals surface area contributed by atoms with Crippen LogP contribution in [0.2, 0.25) is 0 Å². The molecule has 0 unspecified atom stereocenters. The molecule has 3 N–H and O–H groups in total. The second-order valence-electron chi connectivity index (χ2n) is 16.8. The van der Waals surface area contributed by atoms with E-state index >= 15 is 0 Å². The van der Waals surface area contributed by atoms with Gasteiger partial charge in [0.15, 0.2) is 0 Å². The number of aryl methyl sites for hydroxylation is 1. The third-order valence-corrected chi connectivity index (χ3v) is 12.9. The minimum atomic E-state index is -0.0791. The van der Waals surface area contributed by atoms with Crippen LogP contribution in [-0.4, -0.2) is 0 Å². The van der Waals surface area contributed by atoms with Crippen molar-refractivity contribution in [3.05, 3.63) is 211 Å². The number of fused-ring (bicyclic) bond motifs is 8. The minimum absolute atomic E-state index is 0.0791. The van der Waals surface area contributed by atoms with E-state index in [2.05, 4.69) is 166 Å². The molecule has 2 aliphatic carbocycles. The lowest BCUT2D eigenvalue weighted by Crippen LogP contribution is -2.14.